The molecule has 0 saturated heterocycles. The molecule has 0 unspecified atom stereocenters. The van der Waals surface area contributed by atoms with Crippen LogP contribution in [-0.2, 0) is 6.42 Å². The number of Topliss-reactive ketones (excluding diaryl/α,β-unsaturated/α-hetero) is 1. The van der Waals surface area contributed by atoms with Crippen LogP contribution in [0.4, 0.5) is 0 Å². The third-order valence-electron chi connectivity index (χ3n) is 2.12. The van der Waals surface area contributed by atoms with Gasteiger partial charge in [0.25, 0.3) is 0 Å². The van der Waals surface area contributed by atoms with E-state index in [-0.39, 0.29) is 11.5 Å². The second-order valence-corrected chi connectivity index (χ2v) is 3.01. The summed E-state index contributed by atoms with van der Waals surface area (Å²) in [4.78, 5) is 21.7. The maximum atomic E-state index is 11.2. The molecule has 0 N–H and O–H groups in total. The van der Waals surface area contributed by atoms with Gasteiger partial charge in [-0.2, -0.15) is 0 Å². The molecule has 68 valence electrons. The molecule has 1 aromatic rings. The quantitative estimate of drug-likeness (QED) is 0.615. The standard InChI is InChI=1S/C9H8O4/c10-6-2-1-3-7-5(6)4-8(13-7)9(11)12/h4H,1-3H2,(H,11,12)/p-1. The Morgan fingerprint density at radius 3 is 2.85 bits per heavy atom. The highest BCUT2D eigenvalue weighted by Crippen LogP contribution is 2.24. The molecule has 1 aliphatic rings. The zero-order valence-electron chi connectivity index (χ0n) is 6.83. The molecule has 0 saturated carbocycles. The molecule has 2 rings (SSSR count). The van der Waals surface area contributed by atoms with Crippen LogP contribution in [0.25, 0.3) is 0 Å². The fourth-order valence-corrected chi connectivity index (χ4v) is 1.50. The van der Waals surface area contributed by atoms with Crippen molar-refractivity contribution in [3.05, 3.63) is 23.2 Å². The van der Waals surface area contributed by atoms with Crippen LogP contribution >= 0.6 is 0 Å². The van der Waals surface area contributed by atoms with E-state index in [2.05, 4.69) is 0 Å². The summed E-state index contributed by atoms with van der Waals surface area (Å²) in [5.41, 5.74) is 0.408. The number of fused-ring (bicyclic) bond motifs is 1. The largest absolute Gasteiger partial charge is 0.542 e. The van der Waals surface area contributed by atoms with E-state index >= 15 is 0 Å². The number of carboxylic acids is 1. The van der Waals surface area contributed by atoms with Crippen molar-refractivity contribution in [2.45, 2.75) is 19.3 Å². The Hall–Kier alpha value is -1.58. The number of carbonyl (C=O) groups excluding carboxylic acids is 2. The molecule has 0 radical (unpaired) electrons. The SMILES string of the molecule is O=C([O-])c1cc2c(o1)CCCC2=O. The molecule has 0 aromatic carbocycles. The van der Waals surface area contributed by atoms with E-state index < -0.39 is 5.97 Å². The van der Waals surface area contributed by atoms with Gasteiger partial charge in [0.2, 0.25) is 0 Å². The Morgan fingerprint density at radius 2 is 2.23 bits per heavy atom. The van der Waals surface area contributed by atoms with Crippen LogP contribution < -0.4 is 5.11 Å². The van der Waals surface area contributed by atoms with Gasteiger partial charge in [0.05, 0.1) is 5.56 Å². The first-order chi connectivity index (χ1) is 6.18. The minimum absolute atomic E-state index is 0.0440. The van der Waals surface area contributed by atoms with Gasteiger partial charge in [-0.05, 0) is 12.5 Å². The fourth-order valence-electron chi connectivity index (χ4n) is 1.50. The molecule has 1 aliphatic carbocycles. The molecule has 0 amide bonds. The summed E-state index contributed by atoms with van der Waals surface area (Å²) >= 11 is 0. The van der Waals surface area contributed by atoms with Crippen LogP contribution in [0.15, 0.2) is 10.5 Å². The van der Waals surface area contributed by atoms with Gasteiger partial charge in [0.15, 0.2) is 5.78 Å². The maximum Gasteiger partial charge on any atom is 0.166 e. The molecule has 1 heterocycles. The summed E-state index contributed by atoms with van der Waals surface area (Å²) in [6, 6.07) is 1.26. The van der Waals surface area contributed by atoms with Gasteiger partial charge in [0.1, 0.15) is 17.5 Å². The molecule has 13 heavy (non-hydrogen) atoms. The van der Waals surface area contributed by atoms with Crippen molar-refractivity contribution in [2.24, 2.45) is 0 Å². The number of carbonyl (C=O) groups is 2. The van der Waals surface area contributed by atoms with E-state index in [4.69, 9.17) is 4.42 Å². The third kappa shape index (κ3) is 1.24. The highest BCUT2D eigenvalue weighted by Gasteiger charge is 2.21. The average Bonchev–Trinajstić information content (AvgIpc) is 2.49. The summed E-state index contributed by atoms with van der Waals surface area (Å²) < 4.78 is 4.96. The van der Waals surface area contributed by atoms with Gasteiger partial charge in [-0.1, -0.05) is 0 Å². The van der Waals surface area contributed by atoms with Crippen molar-refractivity contribution < 1.29 is 19.1 Å². The molecule has 4 nitrogen and oxygen atoms in total. The predicted molar refractivity (Wildman–Crippen MR) is 40.3 cm³/mol. The maximum absolute atomic E-state index is 11.2. The van der Waals surface area contributed by atoms with Crippen molar-refractivity contribution in [1.82, 2.24) is 0 Å². The smallest absolute Gasteiger partial charge is 0.166 e. The molecule has 0 bridgehead atoms. The number of hydrogen-bond acceptors (Lipinski definition) is 4. The molecular weight excluding hydrogens is 172 g/mol. The Labute approximate surface area is 74.2 Å². The lowest BCUT2D eigenvalue weighted by Gasteiger charge is -2.06. The Bertz CT molecular complexity index is 375. The average molecular weight is 179 g/mol. The molecule has 0 atom stereocenters. The summed E-state index contributed by atoms with van der Waals surface area (Å²) in [6.07, 6.45) is 1.83. The molecule has 0 spiro atoms. The topological polar surface area (TPSA) is 70.3 Å². The minimum atomic E-state index is -1.37. The highest BCUT2D eigenvalue weighted by molar-refractivity contribution is 5.99. The fraction of sp³-hybridized carbons (Fsp3) is 0.333. The first-order valence-electron chi connectivity index (χ1n) is 4.06. The lowest BCUT2D eigenvalue weighted by molar-refractivity contribution is -0.257. The number of aromatic carboxylic acids is 1. The Morgan fingerprint density at radius 1 is 1.46 bits per heavy atom. The van der Waals surface area contributed by atoms with Crippen molar-refractivity contribution >= 4 is 11.8 Å². The molecule has 0 fully saturated rings. The van der Waals surface area contributed by atoms with E-state index in [1.54, 1.807) is 0 Å². The van der Waals surface area contributed by atoms with Crippen LogP contribution in [0.1, 0.15) is 39.5 Å². The lowest BCUT2D eigenvalue weighted by Crippen LogP contribution is -2.21. The highest BCUT2D eigenvalue weighted by atomic mass is 16.4. The van der Waals surface area contributed by atoms with Crippen LogP contribution in [0.3, 0.4) is 0 Å². The van der Waals surface area contributed by atoms with E-state index in [1.807, 2.05) is 0 Å². The zero-order chi connectivity index (χ0) is 9.42. The summed E-state index contributed by atoms with van der Waals surface area (Å²) in [7, 11) is 0. The lowest BCUT2D eigenvalue weighted by atomic mass is 9.97. The second-order valence-electron chi connectivity index (χ2n) is 3.01. The minimum Gasteiger partial charge on any atom is -0.542 e. The molecule has 1 aromatic heterocycles. The first kappa shape index (κ1) is 8.04. The monoisotopic (exact) mass is 179 g/mol. The van der Waals surface area contributed by atoms with Crippen molar-refractivity contribution in [1.29, 1.82) is 0 Å². The number of aryl methyl sites for hydroxylation is 1. The van der Waals surface area contributed by atoms with Gasteiger partial charge in [-0.3, -0.25) is 4.79 Å². The molecular formula is C9H7O4-. The van der Waals surface area contributed by atoms with E-state index in [1.165, 1.54) is 6.07 Å². The summed E-state index contributed by atoms with van der Waals surface area (Å²) in [5, 5.41) is 10.4. The van der Waals surface area contributed by atoms with Crippen molar-refractivity contribution in [2.75, 3.05) is 0 Å². The van der Waals surface area contributed by atoms with Crippen LogP contribution in [0.5, 0.6) is 0 Å². The Kier molecular flexibility index (Phi) is 1.69. The number of carboxylic acid groups (broad SMARTS) is 1. The third-order valence-corrected chi connectivity index (χ3v) is 2.12. The van der Waals surface area contributed by atoms with E-state index in [0.29, 0.717) is 24.2 Å². The predicted octanol–water partition coefficient (Wildman–Crippen LogP) is 0.162. The summed E-state index contributed by atoms with van der Waals surface area (Å²) in [5.74, 6) is -1.18. The summed E-state index contributed by atoms with van der Waals surface area (Å²) in [6.45, 7) is 0. The van der Waals surface area contributed by atoms with Crippen LogP contribution in [0.2, 0.25) is 0 Å². The van der Waals surface area contributed by atoms with Gasteiger partial charge >= 0.3 is 0 Å². The van der Waals surface area contributed by atoms with Crippen molar-refractivity contribution in [3.8, 4) is 0 Å². The van der Waals surface area contributed by atoms with Gasteiger partial charge in [-0.25, -0.2) is 0 Å². The zero-order valence-corrected chi connectivity index (χ0v) is 6.83. The van der Waals surface area contributed by atoms with E-state index in [9.17, 15) is 14.7 Å². The number of hydrogen-bond donors (Lipinski definition) is 0. The number of furan rings is 1. The van der Waals surface area contributed by atoms with Gasteiger partial charge in [-0.15, -0.1) is 0 Å². The molecule has 0 aliphatic heterocycles. The van der Waals surface area contributed by atoms with E-state index in [0.717, 1.165) is 6.42 Å². The normalized spacial score (nSPS) is 15.5. The molecule has 4 heteroatoms. The van der Waals surface area contributed by atoms with Gasteiger partial charge < -0.3 is 14.3 Å². The van der Waals surface area contributed by atoms with Crippen molar-refractivity contribution in [3.63, 3.8) is 0 Å². The second kappa shape index (κ2) is 2.73. The van der Waals surface area contributed by atoms with Gasteiger partial charge in [0, 0.05) is 12.8 Å². The first-order valence-corrected chi connectivity index (χ1v) is 4.06. The number of rotatable bonds is 1. The van der Waals surface area contributed by atoms with Crippen LogP contribution in [0, 0.1) is 0 Å². The van der Waals surface area contributed by atoms with Crippen LogP contribution in [-0.4, -0.2) is 11.8 Å². The Balaban J connectivity index is 2.48. The number of ketones is 1.